The highest BCUT2D eigenvalue weighted by atomic mass is 16.5. The van der Waals surface area contributed by atoms with Crippen molar-refractivity contribution in [2.75, 3.05) is 20.3 Å². The number of esters is 1. The summed E-state index contributed by atoms with van der Waals surface area (Å²) in [4.78, 5) is 10.8. The fourth-order valence-corrected chi connectivity index (χ4v) is 1.13. The third-order valence-electron chi connectivity index (χ3n) is 1.86. The van der Waals surface area contributed by atoms with Crippen molar-refractivity contribution in [2.24, 2.45) is 0 Å². The van der Waals surface area contributed by atoms with Gasteiger partial charge in [-0.05, 0) is 6.92 Å². The lowest BCUT2D eigenvalue weighted by Gasteiger charge is -2.29. The van der Waals surface area contributed by atoms with E-state index >= 15 is 0 Å². The van der Waals surface area contributed by atoms with E-state index in [1.807, 2.05) is 6.92 Å². The van der Waals surface area contributed by atoms with Gasteiger partial charge in [0.2, 0.25) is 0 Å². The summed E-state index contributed by atoms with van der Waals surface area (Å²) < 4.78 is 9.53. The van der Waals surface area contributed by atoms with Gasteiger partial charge in [0.1, 0.15) is 0 Å². The summed E-state index contributed by atoms with van der Waals surface area (Å²) in [6, 6.07) is 0.594. The maximum atomic E-state index is 10.8. The van der Waals surface area contributed by atoms with Gasteiger partial charge in [-0.2, -0.15) is 0 Å². The van der Waals surface area contributed by atoms with E-state index in [0.29, 0.717) is 12.5 Å². The number of rotatable bonds is 4. The molecule has 1 aliphatic heterocycles. The highest BCUT2D eigenvalue weighted by Crippen LogP contribution is 2.03. The Morgan fingerprint density at radius 1 is 1.75 bits per heavy atom. The molecule has 1 N–H and O–H groups in total. The van der Waals surface area contributed by atoms with Crippen molar-refractivity contribution in [1.82, 2.24) is 5.32 Å². The molecule has 0 aromatic carbocycles. The first-order chi connectivity index (χ1) is 5.72. The maximum Gasteiger partial charge on any atom is 0.307 e. The SMILES string of the molecule is COC(=O)CC(C)NC1COC1. The normalized spacial score (nSPS) is 19.8. The van der Waals surface area contributed by atoms with Gasteiger partial charge < -0.3 is 14.8 Å². The van der Waals surface area contributed by atoms with Gasteiger partial charge in [0.15, 0.2) is 0 Å². The Labute approximate surface area is 72.2 Å². The van der Waals surface area contributed by atoms with Crippen molar-refractivity contribution in [1.29, 1.82) is 0 Å². The Hall–Kier alpha value is -0.610. The zero-order chi connectivity index (χ0) is 8.97. The van der Waals surface area contributed by atoms with Crippen LogP contribution < -0.4 is 5.32 Å². The first kappa shape index (κ1) is 9.48. The van der Waals surface area contributed by atoms with Crippen molar-refractivity contribution < 1.29 is 14.3 Å². The Morgan fingerprint density at radius 2 is 2.42 bits per heavy atom. The Morgan fingerprint density at radius 3 is 2.83 bits per heavy atom. The van der Waals surface area contributed by atoms with Gasteiger partial charge in [-0.25, -0.2) is 0 Å². The van der Waals surface area contributed by atoms with Gasteiger partial charge in [-0.3, -0.25) is 4.79 Å². The van der Waals surface area contributed by atoms with Crippen LogP contribution in [-0.2, 0) is 14.3 Å². The Bertz CT molecular complexity index is 156. The molecule has 0 spiro atoms. The predicted molar refractivity (Wildman–Crippen MR) is 43.8 cm³/mol. The second-order valence-electron chi connectivity index (χ2n) is 3.08. The van der Waals surface area contributed by atoms with Crippen LogP contribution in [0.25, 0.3) is 0 Å². The first-order valence-corrected chi connectivity index (χ1v) is 4.13. The molecule has 1 rings (SSSR count). The van der Waals surface area contributed by atoms with Gasteiger partial charge in [-0.15, -0.1) is 0 Å². The van der Waals surface area contributed by atoms with E-state index in [-0.39, 0.29) is 12.0 Å². The van der Waals surface area contributed by atoms with Crippen molar-refractivity contribution in [3.8, 4) is 0 Å². The number of hydrogen-bond acceptors (Lipinski definition) is 4. The van der Waals surface area contributed by atoms with E-state index in [1.165, 1.54) is 7.11 Å². The molecule has 1 heterocycles. The van der Waals surface area contributed by atoms with Crippen LogP contribution in [0.15, 0.2) is 0 Å². The van der Waals surface area contributed by atoms with E-state index in [0.717, 1.165) is 13.2 Å². The molecule has 0 radical (unpaired) electrons. The standard InChI is InChI=1S/C8H15NO3/c1-6(3-8(10)11-2)9-7-4-12-5-7/h6-7,9H,3-5H2,1-2H3. The quantitative estimate of drug-likeness (QED) is 0.604. The van der Waals surface area contributed by atoms with E-state index in [9.17, 15) is 4.79 Å². The van der Waals surface area contributed by atoms with E-state index in [2.05, 4.69) is 10.1 Å². The topological polar surface area (TPSA) is 47.6 Å². The van der Waals surface area contributed by atoms with Crippen LogP contribution in [0.5, 0.6) is 0 Å². The summed E-state index contributed by atoms with van der Waals surface area (Å²) in [5, 5.41) is 3.26. The summed E-state index contributed by atoms with van der Waals surface area (Å²) in [6.07, 6.45) is 0.424. The molecule has 70 valence electrons. The van der Waals surface area contributed by atoms with Crippen molar-refractivity contribution in [3.63, 3.8) is 0 Å². The molecule has 0 aromatic heterocycles. The second-order valence-corrected chi connectivity index (χ2v) is 3.08. The fourth-order valence-electron chi connectivity index (χ4n) is 1.13. The van der Waals surface area contributed by atoms with E-state index < -0.39 is 0 Å². The van der Waals surface area contributed by atoms with Crippen LogP contribution in [0.4, 0.5) is 0 Å². The lowest BCUT2D eigenvalue weighted by atomic mass is 10.2. The number of ether oxygens (including phenoxy) is 2. The molecule has 0 amide bonds. The van der Waals surface area contributed by atoms with E-state index in [4.69, 9.17) is 4.74 Å². The third kappa shape index (κ3) is 2.79. The van der Waals surface area contributed by atoms with Crippen molar-refractivity contribution in [3.05, 3.63) is 0 Å². The van der Waals surface area contributed by atoms with Crippen LogP contribution in [0.1, 0.15) is 13.3 Å². The first-order valence-electron chi connectivity index (χ1n) is 4.13. The molecule has 0 aromatic rings. The molecule has 1 fully saturated rings. The highest BCUT2D eigenvalue weighted by Gasteiger charge is 2.20. The molecule has 1 atom stereocenters. The minimum absolute atomic E-state index is 0.171. The number of nitrogens with one attached hydrogen (secondary N) is 1. The summed E-state index contributed by atoms with van der Waals surface area (Å²) in [5.41, 5.74) is 0. The summed E-state index contributed by atoms with van der Waals surface area (Å²) in [5.74, 6) is -0.171. The molecular formula is C8H15NO3. The molecule has 4 heteroatoms. The van der Waals surface area contributed by atoms with Gasteiger partial charge in [0.05, 0.1) is 32.8 Å². The zero-order valence-corrected chi connectivity index (χ0v) is 7.50. The molecule has 1 aliphatic rings. The van der Waals surface area contributed by atoms with Gasteiger partial charge in [-0.1, -0.05) is 0 Å². The fraction of sp³-hybridized carbons (Fsp3) is 0.875. The predicted octanol–water partition coefficient (Wildman–Crippen LogP) is -0.0736. The summed E-state index contributed by atoms with van der Waals surface area (Å²) in [6.45, 7) is 3.48. The molecule has 0 saturated carbocycles. The zero-order valence-electron chi connectivity index (χ0n) is 7.50. The van der Waals surface area contributed by atoms with Crippen LogP contribution >= 0.6 is 0 Å². The number of methoxy groups -OCH3 is 1. The second kappa shape index (κ2) is 4.42. The maximum absolute atomic E-state index is 10.8. The number of hydrogen-bond donors (Lipinski definition) is 1. The van der Waals surface area contributed by atoms with Crippen LogP contribution in [0.3, 0.4) is 0 Å². The molecule has 4 nitrogen and oxygen atoms in total. The van der Waals surface area contributed by atoms with Crippen LogP contribution in [0, 0.1) is 0 Å². The molecule has 1 saturated heterocycles. The van der Waals surface area contributed by atoms with Crippen molar-refractivity contribution >= 4 is 5.97 Å². The van der Waals surface area contributed by atoms with Crippen LogP contribution in [0.2, 0.25) is 0 Å². The largest absolute Gasteiger partial charge is 0.469 e. The monoisotopic (exact) mass is 173 g/mol. The molecule has 0 aliphatic carbocycles. The average molecular weight is 173 g/mol. The smallest absolute Gasteiger partial charge is 0.307 e. The summed E-state index contributed by atoms with van der Waals surface area (Å²) in [7, 11) is 1.40. The van der Waals surface area contributed by atoms with Crippen LogP contribution in [-0.4, -0.2) is 38.4 Å². The molecule has 12 heavy (non-hydrogen) atoms. The van der Waals surface area contributed by atoms with Gasteiger partial charge in [0, 0.05) is 6.04 Å². The Balaban J connectivity index is 2.10. The number of carbonyl (C=O) groups excluding carboxylic acids is 1. The lowest BCUT2D eigenvalue weighted by molar-refractivity contribution is -0.141. The third-order valence-corrected chi connectivity index (χ3v) is 1.86. The van der Waals surface area contributed by atoms with Gasteiger partial charge >= 0.3 is 5.97 Å². The average Bonchev–Trinajstić information content (AvgIpc) is 1.97. The minimum atomic E-state index is -0.171. The minimum Gasteiger partial charge on any atom is -0.469 e. The number of carbonyl (C=O) groups is 1. The van der Waals surface area contributed by atoms with E-state index in [1.54, 1.807) is 0 Å². The highest BCUT2D eigenvalue weighted by molar-refractivity contribution is 5.69. The van der Waals surface area contributed by atoms with Gasteiger partial charge in [0.25, 0.3) is 0 Å². The Kier molecular flexibility index (Phi) is 3.49. The molecule has 0 bridgehead atoms. The molecule has 1 unspecified atom stereocenters. The lowest BCUT2D eigenvalue weighted by Crippen LogP contribution is -2.50. The summed E-state index contributed by atoms with van der Waals surface area (Å²) >= 11 is 0. The van der Waals surface area contributed by atoms with Crippen molar-refractivity contribution in [2.45, 2.75) is 25.4 Å². The molecular weight excluding hydrogens is 158 g/mol.